The van der Waals surface area contributed by atoms with Gasteiger partial charge in [0.2, 0.25) is 0 Å². The van der Waals surface area contributed by atoms with Gasteiger partial charge in [-0.3, -0.25) is 9.59 Å². The second-order valence-electron chi connectivity index (χ2n) is 8.42. The first-order valence-corrected chi connectivity index (χ1v) is 11.6. The molecule has 3 aromatic rings. The minimum Gasteiger partial charge on any atom is -0.360 e. The number of quaternary nitrogens is 1. The Kier molecular flexibility index (Phi) is 5.16. The van der Waals surface area contributed by atoms with Crippen molar-refractivity contribution in [2.24, 2.45) is 0 Å². The highest BCUT2D eigenvalue weighted by molar-refractivity contribution is 7.18. The summed E-state index contributed by atoms with van der Waals surface area (Å²) in [6.07, 6.45) is 4.49. The average molecular weight is 424 g/mol. The first-order valence-electron chi connectivity index (χ1n) is 10.8. The first-order chi connectivity index (χ1) is 14.6. The van der Waals surface area contributed by atoms with Gasteiger partial charge in [0.1, 0.15) is 11.4 Å². The van der Waals surface area contributed by atoms with E-state index in [9.17, 15) is 9.59 Å². The zero-order chi connectivity index (χ0) is 20.7. The summed E-state index contributed by atoms with van der Waals surface area (Å²) < 4.78 is 0. The van der Waals surface area contributed by atoms with Crippen molar-refractivity contribution in [2.45, 2.75) is 39.2 Å². The zero-order valence-electron chi connectivity index (χ0n) is 17.3. The van der Waals surface area contributed by atoms with Crippen LogP contribution >= 0.6 is 11.3 Å². The van der Waals surface area contributed by atoms with Gasteiger partial charge in [0, 0.05) is 16.1 Å². The SMILES string of the molecule is CC(=O)c1ccc(N2CC[NH+](Cc3nc4sc5c(c4c(=O)[nH]3)CCCC5)CC2)cc1. The molecule has 1 aliphatic heterocycles. The molecule has 30 heavy (non-hydrogen) atoms. The number of nitrogens with zero attached hydrogens (tertiary/aromatic N) is 2. The molecular formula is C23H27N4O2S+. The second-order valence-corrected chi connectivity index (χ2v) is 9.50. The molecule has 2 aromatic heterocycles. The number of aryl methyl sites for hydroxylation is 2. The smallest absolute Gasteiger partial charge is 0.260 e. The van der Waals surface area contributed by atoms with Crippen LogP contribution in [0.15, 0.2) is 29.1 Å². The number of nitrogens with one attached hydrogen (secondary N) is 2. The second kappa shape index (κ2) is 7.96. The number of aromatic nitrogens is 2. The van der Waals surface area contributed by atoms with Crippen LogP contribution in [0.3, 0.4) is 0 Å². The van der Waals surface area contributed by atoms with Crippen molar-refractivity contribution in [3.8, 4) is 0 Å². The molecule has 7 heteroatoms. The molecule has 0 spiro atoms. The molecule has 1 fully saturated rings. The highest BCUT2D eigenvalue weighted by atomic mass is 32.1. The van der Waals surface area contributed by atoms with Gasteiger partial charge in [0.15, 0.2) is 11.6 Å². The van der Waals surface area contributed by atoms with E-state index < -0.39 is 0 Å². The number of thiophene rings is 1. The third-order valence-corrected chi connectivity index (χ3v) is 7.59. The van der Waals surface area contributed by atoms with E-state index in [0.717, 1.165) is 72.9 Å². The van der Waals surface area contributed by atoms with E-state index in [-0.39, 0.29) is 11.3 Å². The maximum atomic E-state index is 12.8. The molecule has 1 aliphatic carbocycles. The van der Waals surface area contributed by atoms with Crippen molar-refractivity contribution in [2.75, 3.05) is 31.1 Å². The fraction of sp³-hybridized carbons (Fsp3) is 0.435. The van der Waals surface area contributed by atoms with Crippen LogP contribution < -0.4 is 15.4 Å². The number of carbonyl (C=O) groups excluding carboxylic acids is 1. The van der Waals surface area contributed by atoms with Crippen molar-refractivity contribution in [3.05, 3.63) is 56.4 Å². The Hall–Kier alpha value is -2.51. The quantitative estimate of drug-likeness (QED) is 0.630. The third-order valence-electron chi connectivity index (χ3n) is 6.40. The number of ketones is 1. The summed E-state index contributed by atoms with van der Waals surface area (Å²) >= 11 is 1.72. The van der Waals surface area contributed by atoms with Crippen molar-refractivity contribution >= 4 is 33.0 Å². The molecule has 0 unspecified atom stereocenters. The van der Waals surface area contributed by atoms with Crippen LogP contribution in [0.1, 0.15) is 46.4 Å². The number of rotatable bonds is 4. The fourth-order valence-electron chi connectivity index (χ4n) is 4.69. The topological polar surface area (TPSA) is 70.5 Å². The molecule has 3 heterocycles. The van der Waals surface area contributed by atoms with Gasteiger partial charge in [-0.15, -0.1) is 11.3 Å². The van der Waals surface area contributed by atoms with E-state index >= 15 is 0 Å². The Labute approximate surface area is 179 Å². The number of anilines is 1. The van der Waals surface area contributed by atoms with Gasteiger partial charge in [0.05, 0.1) is 31.6 Å². The number of fused-ring (bicyclic) bond motifs is 3. The number of hydrogen-bond acceptors (Lipinski definition) is 5. The van der Waals surface area contributed by atoms with Gasteiger partial charge in [0.25, 0.3) is 5.56 Å². The summed E-state index contributed by atoms with van der Waals surface area (Å²) in [5.41, 5.74) is 3.20. The number of Topliss-reactive ketones (excluding diaryl/α,β-unsaturated/α-hetero) is 1. The predicted octanol–water partition coefficient (Wildman–Crippen LogP) is 1.97. The van der Waals surface area contributed by atoms with Crippen molar-refractivity contribution in [3.63, 3.8) is 0 Å². The predicted molar refractivity (Wildman–Crippen MR) is 120 cm³/mol. The van der Waals surface area contributed by atoms with E-state index in [4.69, 9.17) is 4.98 Å². The number of aromatic amines is 1. The van der Waals surface area contributed by atoms with Gasteiger partial charge in [-0.1, -0.05) is 0 Å². The molecule has 6 nitrogen and oxygen atoms in total. The van der Waals surface area contributed by atoms with Crippen LogP contribution in [0.4, 0.5) is 5.69 Å². The van der Waals surface area contributed by atoms with E-state index in [1.54, 1.807) is 18.3 Å². The molecule has 5 rings (SSSR count). The van der Waals surface area contributed by atoms with Crippen LogP contribution in [0.5, 0.6) is 0 Å². The molecule has 1 saturated heterocycles. The molecule has 2 aliphatic rings. The van der Waals surface area contributed by atoms with Gasteiger partial charge < -0.3 is 14.8 Å². The Balaban J connectivity index is 1.27. The third kappa shape index (κ3) is 3.68. The molecule has 0 radical (unpaired) electrons. The van der Waals surface area contributed by atoms with Gasteiger partial charge in [-0.2, -0.15) is 0 Å². The molecule has 156 valence electrons. The van der Waals surface area contributed by atoms with Crippen molar-refractivity contribution < 1.29 is 9.69 Å². The summed E-state index contributed by atoms with van der Waals surface area (Å²) in [5, 5.41) is 0.840. The Morgan fingerprint density at radius 2 is 1.90 bits per heavy atom. The Morgan fingerprint density at radius 1 is 1.17 bits per heavy atom. The monoisotopic (exact) mass is 423 g/mol. The number of piperazine rings is 1. The lowest BCUT2D eigenvalue weighted by atomic mass is 9.97. The Morgan fingerprint density at radius 3 is 2.63 bits per heavy atom. The van der Waals surface area contributed by atoms with Crippen LogP contribution in [0.25, 0.3) is 10.2 Å². The van der Waals surface area contributed by atoms with E-state index in [0.29, 0.717) is 0 Å². The van der Waals surface area contributed by atoms with Crippen molar-refractivity contribution in [1.29, 1.82) is 0 Å². The molecular weight excluding hydrogens is 396 g/mol. The van der Waals surface area contributed by atoms with E-state index in [1.807, 2.05) is 24.3 Å². The highest BCUT2D eigenvalue weighted by Crippen LogP contribution is 2.33. The lowest BCUT2D eigenvalue weighted by Gasteiger charge is -2.33. The van der Waals surface area contributed by atoms with Crippen LogP contribution in [0.2, 0.25) is 0 Å². The number of carbonyl (C=O) groups is 1. The Bertz CT molecular complexity index is 1140. The summed E-state index contributed by atoms with van der Waals surface area (Å²) in [4.78, 5) is 38.2. The lowest BCUT2D eigenvalue weighted by molar-refractivity contribution is -0.915. The number of hydrogen-bond donors (Lipinski definition) is 2. The summed E-state index contributed by atoms with van der Waals surface area (Å²) in [7, 11) is 0. The summed E-state index contributed by atoms with van der Waals surface area (Å²) in [5.74, 6) is 0.904. The summed E-state index contributed by atoms with van der Waals surface area (Å²) in [6, 6.07) is 7.88. The molecule has 0 bridgehead atoms. The fourth-order valence-corrected chi connectivity index (χ4v) is 5.97. The maximum absolute atomic E-state index is 12.8. The normalized spacial score (nSPS) is 17.3. The average Bonchev–Trinajstić information content (AvgIpc) is 3.13. The maximum Gasteiger partial charge on any atom is 0.260 e. The van der Waals surface area contributed by atoms with E-state index in [2.05, 4.69) is 9.88 Å². The molecule has 2 N–H and O–H groups in total. The van der Waals surface area contributed by atoms with Crippen LogP contribution in [0, 0.1) is 0 Å². The number of H-pyrrole nitrogens is 1. The zero-order valence-corrected chi connectivity index (χ0v) is 18.1. The number of benzene rings is 1. The minimum absolute atomic E-state index is 0.0398. The highest BCUT2D eigenvalue weighted by Gasteiger charge is 2.23. The molecule has 0 saturated carbocycles. The van der Waals surface area contributed by atoms with Crippen molar-refractivity contribution in [1.82, 2.24) is 9.97 Å². The van der Waals surface area contributed by atoms with Crippen LogP contribution in [-0.4, -0.2) is 41.9 Å². The summed E-state index contributed by atoms with van der Waals surface area (Å²) in [6.45, 7) is 6.25. The van der Waals surface area contributed by atoms with Gasteiger partial charge >= 0.3 is 0 Å². The lowest BCUT2D eigenvalue weighted by Crippen LogP contribution is -3.13. The van der Waals surface area contributed by atoms with Crippen LogP contribution in [-0.2, 0) is 19.4 Å². The molecule has 0 amide bonds. The molecule has 1 aromatic carbocycles. The van der Waals surface area contributed by atoms with Gasteiger partial charge in [-0.25, -0.2) is 4.98 Å². The first kappa shape index (κ1) is 19.5. The van der Waals surface area contributed by atoms with E-state index in [1.165, 1.54) is 28.2 Å². The standard InChI is InChI=1S/C23H26N4O2S/c1-15(28)16-6-8-17(9-7-16)27-12-10-26(11-13-27)14-20-24-22(29)21-18-4-2-3-5-19(18)30-23(21)25-20/h6-9H,2-5,10-14H2,1H3,(H,24,25,29)/p+1. The minimum atomic E-state index is 0.0398. The molecule has 0 atom stereocenters. The largest absolute Gasteiger partial charge is 0.360 e. The van der Waals surface area contributed by atoms with Gasteiger partial charge in [-0.05, 0) is 62.4 Å².